The van der Waals surface area contributed by atoms with Gasteiger partial charge in [-0.2, -0.15) is 8.42 Å². The number of hydrogen-bond acceptors (Lipinski definition) is 2. The third kappa shape index (κ3) is 4.01. The average Bonchev–Trinajstić information content (AvgIpc) is 2.18. The number of benzene rings is 1. The monoisotopic (exact) mass is 228 g/mol. The van der Waals surface area contributed by atoms with Gasteiger partial charge in [0, 0.05) is 0 Å². The lowest BCUT2D eigenvalue weighted by Crippen LogP contribution is -1.97. The molecule has 1 N–H and O–H groups in total. The van der Waals surface area contributed by atoms with Gasteiger partial charge in [-0.25, -0.2) is 0 Å². The molecular formula is C11H16O3S. The summed E-state index contributed by atoms with van der Waals surface area (Å²) in [6.07, 6.45) is 4.42. The summed E-state index contributed by atoms with van der Waals surface area (Å²) in [4.78, 5) is -0.0401. The van der Waals surface area contributed by atoms with Crippen LogP contribution in [0.15, 0.2) is 29.2 Å². The Bertz CT molecular complexity index is 392. The standard InChI is InChI=1S/C11H16O3S/c1-2-3-4-5-10-6-8-11(9-7-10)15(12,13)14/h6-9H,2-5H2,1H3,(H,12,13,14). The Balaban J connectivity index is 2.65. The maximum Gasteiger partial charge on any atom is 0.294 e. The van der Waals surface area contributed by atoms with Crippen LogP contribution in [0.1, 0.15) is 31.7 Å². The molecule has 0 saturated heterocycles. The van der Waals surface area contributed by atoms with E-state index in [4.69, 9.17) is 4.55 Å². The van der Waals surface area contributed by atoms with Crippen LogP contribution >= 0.6 is 0 Å². The van der Waals surface area contributed by atoms with Crippen LogP contribution in [0.25, 0.3) is 0 Å². The van der Waals surface area contributed by atoms with E-state index in [0.717, 1.165) is 18.4 Å². The number of hydrogen-bond donors (Lipinski definition) is 1. The second-order valence-corrected chi connectivity index (χ2v) is 5.00. The summed E-state index contributed by atoms with van der Waals surface area (Å²) in [6, 6.07) is 6.38. The summed E-state index contributed by atoms with van der Waals surface area (Å²) in [5, 5.41) is 0. The second kappa shape index (κ2) is 5.28. The molecule has 0 unspecified atom stereocenters. The molecule has 0 fully saturated rings. The first kappa shape index (κ1) is 12.2. The van der Waals surface area contributed by atoms with Crippen LogP contribution in [0.2, 0.25) is 0 Å². The first-order valence-corrected chi connectivity index (χ1v) is 6.54. The van der Waals surface area contributed by atoms with Crippen molar-refractivity contribution in [1.82, 2.24) is 0 Å². The molecule has 1 rings (SSSR count). The zero-order valence-corrected chi connectivity index (χ0v) is 9.63. The highest BCUT2D eigenvalue weighted by Gasteiger charge is 2.07. The van der Waals surface area contributed by atoms with Crippen LogP contribution in [-0.2, 0) is 16.5 Å². The van der Waals surface area contributed by atoms with E-state index in [1.807, 2.05) is 0 Å². The Morgan fingerprint density at radius 2 is 1.73 bits per heavy atom. The van der Waals surface area contributed by atoms with Gasteiger partial charge in [-0.05, 0) is 30.5 Å². The van der Waals surface area contributed by atoms with Crippen LogP contribution in [0.4, 0.5) is 0 Å². The second-order valence-electron chi connectivity index (χ2n) is 3.58. The lowest BCUT2D eigenvalue weighted by molar-refractivity contribution is 0.483. The van der Waals surface area contributed by atoms with Gasteiger partial charge < -0.3 is 0 Å². The maximum atomic E-state index is 10.8. The van der Waals surface area contributed by atoms with Gasteiger partial charge in [-0.15, -0.1) is 0 Å². The van der Waals surface area contributed by atoms with Gasteiger partial charge in [0.05, 0.1) is 4.90 Å². The Kier molecular flexibility index (Phi) is 4.29. The fourth-order valence-corrected chi connectivity index (χ4v) is 1.89. The van der Waals surface area contributed by atoms with Gasteiger partial charge >= 0.3 is 0 Å². The lowest BCUT2D eigenvalue weighted by atomic mass is 10.1. The maximum absolute atomic E-state index is 10.8. The first-order valence-electron chi connectivity index (χ1n) is 5.10. The molecule has 0 aliphatic heterocycles. The third-order valence-corrected chi connectivity index (χ3v) is 3.16. The molecule has 15 heavy (non-hydrogen) atoms. The molecule has 0 radical (unpaired) electrons. The highest BCUT2D eigenvalue weighted by atomic mass is 32.2. The van der Waals surface area contributed by atoms with Crippen molar-refractivity contribution in [3.63, 3.8) is 0 Å². The largest absolute Gasteiger partial charge is 0.294 e. The first-order chi connectivity index (χ1) is 7.04. The molecule has 1 aromatic rings. The van der Waals surface area contributed by atoms with Crippen molar-refractivity contribution in [3.05, 3.63) is 29.8 Å². The van der Waals surface area contributed by atoms with Crippen LogP contribution < -0.4 is 0 Å². The topological polar surface area (TPSA) is 54.4 Å². The summed E-state index contributed by atoms with van der Waals surface area (Å²) < 4.78 is 30.3. The molecule has 4 heteroatoms. The van der Waals surface area contributed by atoms with Crippen LogP contribution in [0, 0.1) is 0 Å². The third-order valence-electron chi connectivity index (χ3n) is 2.29. The Labute approximate surface area is 90.9 Å². The van der Waals surface area contributed by atoms with Crippen LogP contribution in [0.3, 0.4) is 0 Å². The minimum Gasteiger partial charge on any atom is -0.282 e. The van der Waals surface area contributed by atoms with E-state index < -0.39 is 10.1 Å². The summed E-state index contributed by atoms with van der Waals surface area (Å²) in [7, 11) is -4.04. The molecule has 0 aliphatic carbocycles. The highest BCUT2D eigenvalue weighted by molar-refractivity contribution is 7.85. The van der Waals surface area contributed by atoms with E-state index >= 15 is 0 Å². The summed E-state index contributed by atoms with van der Waals surface area (Å²) in [6.45, 7) is 2.14. The molecule has 0 aromatic heterocycles. The van der Waals surface area contributed by atoms with E-state index in [9.17, 15) is 8.42 Å². The predicted molar refractivity (Wildman–Crippen MR) is 59.5 cm³/mol. The normalized spacial score (nSPS) is 11.6. The van der Waals surface area contributed by atoms with E-state index in [2.05, 4.69) is 6.92 Å². The molecular weight excluding hydrogens is 212 g/mol. The van der Waals surface area contributed by atoms with E-state index in [1.54, 1.807) is 12.1 Å². The zero-order chi connectivity index (χ0) is 11.3. The van der Waals surface area contributed by atoms with Crippen molar-refractivity contribution in [2.75, 3.05) is 0 Å². The number of aryl methyl sites for hydroxylation is 1. The van der Waals surface area contributed by atoms with Crippen molar-refractivity contribution in [2.45, 2.75) is 37.5 Å². The molecule has 3 nitrogen and oxygen atoms in total. The van der Waals surface area contributed by atoms with Gasteiger partial charge in [-0.3, -0.25) is 4.55 Å². The minimum atomic E-state index is -4.04. The van der Waals surface area contributed by atoms with Gasteiger partial charge in [0.1, 0.15) is 0 Å². The van der Waals surface area contributed by atoms with Crippen LogP contribution in [0.5, 0.6) is 0 Å². The summed E-state index contributed by atoms with van der Waals surface area (Å²) in [5.74, 6) is 0. The molecule has 0 aliphatic rings. The van der Waals surface area contributed by atoms with Gasteiger partial charge in [0.15, 0.2) is 0 Å². The number of unbranched alkanes of at least 4 members (excludes halogenated alkanes) is 2. The number of rotatable bonds is 5. The van der Waals surface area contributed by atoms with Crippen LogP contribution in [-0.4, -0.2) is 13.0 Å². The van der Waals surface area contributed by atoms with Gasteiger partial charge in [0.25, 0.3) is 10.1 Å². The zero-order valence-electron chi connectivity index (χ0n) is 8.81. The molecule has 0 bridgehead atoms. The van der Waals surface area contributed by atoms with Crippen molar-refractivity contribution >= 4 is 10.1 Å². The molecule has 0 amide bonds. The SMILES string of the molecule is CCCCCc1ccc(S(=O)(=O)O)cc1. The Morgan fingerprint density at radius 3 is 2.20 bits per heavy atom. The lowest BCUT2D eigenvalue weighted by Gasteiger charge is -2.01. The van der Waals surface area contributed by atoms with Crippen molar-refractivity contribution in [2.24, 2.45) is 0 Å². The van der Waals surface area contributed by atoms with Gasteiger partial charge in [-0.1, -0.05) is 31.9 Å². The summed E-state index contributed by atoms with van der Waals surface area (Å²) >= 11 is 0. The smallest absolute Gasteiger partial charge is 0.282 e. The fraction of sp³-hybridized carbons (Fsp3) is 0.455. The van der Waals surface area contributed by atoms with Crippen molar-refractivity contribution in [3.8, 4) is 0 Å². The van der Waals surface area contributed by atoms with E-state index in [1.165, 1.54) is 25.0 Å². The van der Waals surface area contributed by atoms with Gasteiger partial charge in [0.2, 0.25) is 0 Å². The molecule has 84 valence electrons. The minimum absolute atomic E-state index is 0.0401. The molecule has 0 spiro atoms. The van der Waals surface area contributed by atoms with Crippen molar-refractivity contribution in [1.29, 1.82) is 0 Å². The Morgan fingerprint density at radius 1 is 1.13 bits per heavy atom. The quantitative estimate of drug-likeness (QED) is 0.622. The Hall–Kier alpha value is -0.870. The summed E-state index contributed by atoms with van der Waals surface area (Å²) in [5.41, 5.74) is 1.11. The van der Waals surface area contributed by atoms with Crippen molar-refractivity contribution < 1.29 is 13.0 Å². The molecule has 0 saturated carbocycles. The predicted octanol–water partition coefficient (Wildman–Crippen LogP) is 2.67. The van der Waals surface area contributed by atoms with E-state index in [0.29, 0.717) is 0 Å². The fourth-order valence-electron chi connectivity index (χ4n) is 1.41. The molecule has 0 atom stereocenters. The highest BCUT2D eigenvalue weighted by Crippen LogP contribution is 2.12. The van der Waals surface area contributed by atoms with E-state index in [-0.39, 0.29) is 4.90 Å². The molecule has 1 aromatic carbocycles. The average molecular weight is 228 g/mol. The molecule has 0 heterocycles.